The highest BCUT2D eigenvalue weighted by Gasteiger charge is 2.16. The zero-order chi connectivity index (χ0) is 15.1. The van der Waals surface area contributed by atoms with Crippen LogP contribution in [-0.4, -0.2) is 31.1 Å². The predicted octanol–water partition coefficient (Wildman–Crippen LogP) is 4.07. The van der Waals surface area contributed by atoms with Crippen molar-refractivity contribution in [2.45, 2.75) is 52.7 Å². The zero-order valence-corrected chi connectivity index (χ0v) is 14.7. The molecule has 0 saturated carbocycles. The van der Waals surface area contributed by atoms with E-state index in [2.05, 4.69) is 69.4 Å². The van der Waals surface area contributed by atoms with Crippen molar-refractivity contribution in [2.75, 3.05) is 24.0 Å². The van der Waals surface area contributed by atoms with Crippen molar-refractivity contribution in [3.05, 3.63) is 29.3 Å². The van der Waals surface area contributed by atoms with E-state index in [0.717, 1.165) is 6.54 Å². The van der Waals surface area contributed by atoms with Crippen LogP contribution in [0.3, 0.4) is 0 Å². The first-order valence-corrected chi connectivity index (χ1v) is 8.93. The quantitative estimate of drug-likeness (QED) is 0.778. The molecule has 0 radical (unpaired) electrons. The first kappa shape index (κ1) is 17.4. The molecule has 114 valence electrons. The molecule has 1 unspecified atom stereocenters. The second kappa shape index (κ2) is 8.58. The third-order valence-corrected chi connectivity index (χ3v) is 4.41. The Morgan fingerprint density at radius 1 is 1.30 bits per heavy atom. The molecule has 0 heterocycles. The fourth-order valence-corrected chi connectivity index (χ4v) is 3.25. The fourth-order valence-electron chi connectivity index (χ4n) is 2.41. The Hall–Kier alpha value is -0.670. The van der Waals surface area contributed by atoms with E-state index in [1.165, 1.54) is 29.0 Å². The lowest BCUT2D eigenvalue weighted by Crippen LogP contribution is -2.34. The molecular formula is C17H30N2S. The third-order valence-electron chi connectivity index (χ3n) is 3.69. The lowest BCUT2D eigenvalue weighted by Gasteiger charge is -2.31. The van der Waals surface area contributed by atoms with Crippen LogP contribution >= 0.6 is 11.8 Å². The van der Waals surface area contributed by atoms with Crippen molar-refractivity contribution in [1.82, 2.24) is 5.32 Å². The second-order valence-corrected chi connectivity index (χ2v) is 6.71. The molecule has 1 atom stereocenters. The van der Waals surface area contributed by atoms with Gasteiger partial charge in [0.2, 0.25) is 0 Å². The molecule has 3 heteroatoms. The summed E-state index contributed by atoms with van der Waals surface area (Å²) < 4.78 is 0. The molecule has 0 aliphatic carbocycles. The molecule has 20 heavy (non-hydrogen) atoms. The minimum Gasteiger partial charge on any atom is -0.371 e. The smallest absolute Gasteiger partial charge is 0.0412 e. The van der Waals surface area contributed by atoms with E-state index in [4.69, 9.17) is 0 Å². The van der Waals surface area contributed by atoms with Gasteiger partial charge in [0.1, 0.15) is 0 Å². The summed E-state index contributed by atoms with van der Waals surface area (Å²) >= 11 is 1.93. The maximum atomic E-state index is 3.54. The van der Waals surface area contributed by atoms with Crippen molar-refractivity contribution in [1.29, 1.82) is 0 Å². The van der Waals surface area contributed by atoms with Crippen LogP contribution in [0.25, 0.3) is 0 Å². The van der Waals surface area contributed by atoms with Crippen LogP contribution < -0.4 is 10.2 Å². The summed E-state index contributed by atoms with van der Waals surface area (Å²) in [7, 11) is 2.23. The van der Waals surface area contributed by atoms with Gasteiger partial charge in [-0.1, -0.05) is 38.5 Å². The standard InChI is InChI=1S/C17H30N2S/c1-7-16(12-20-6)19(5)17-9-8-14(4)10-15(17)11-18-13(2)3/h8-10,13,16,18H,7,11-12H2,1-6H3. The number of hydrogen-bond acceptors (Lipinski definition) is 3. The van der Waals surface area contributed by atoms with Gasteiger partial charge in [0.05, 0.1) is 0 Å². The first-order valence-electron chi connectivity index (χ1n) is 7.54. The molecule has 1 rings (SSSR count). The van der Waals surface area contributed by atoms with Crippen molar-refractivity contribution >= 4 is 17.4 Å². The van der Waals surface area contributed by atoms with Crippen LogP contribution in [0.5, 0.6) is 0 Å². The maximum Gasteiger partial charge on any atom is 0.0412 e. The van der Waals surface area contributed by atoms with Gasteiger partial charge in [-0.3, -0.25) is 0 Å². The highest BCUT2D eigenvalue weighted by atomic mass is 32.2. The van der Waals surface area contributed by atoms with Crippen LogP contribution in [0, 0.1) is 6.92 Å². The summed E-state index contributed by atoms with van der Waals surface area (Å²) in [5, 5.41) is 3.54. The van der Waals surface area contributed by atoms with Gasteiger partial charge in [-0.25, -0.2) is 0 Å². The van der Waals surface area contributed by atoms with Gasteiger partial charge in [-0.05, 0) is 31.2 Å². The summed E-state index contributed by atoms with van der Waals surface area (Å²) in [6.07, 6.45) is 3.37. The largest absolute Gasteiger partial charge is 0.371 e. The molecule has 0 amide bonds. The SMILES string of the molecule is CCC(CSC)N(C)c1ccc(C)cc1CNC(C)C. The monoisotopic (exact) mass is 294 g/mol. The number of aryl methyl sites for hydroxylation is 1. The van der Waals surface area contributed by atoms with Crippen molar-refractivity contribution < 1.29 is 0 Å². The van der Waals surface area contributed by atoms with E-state index in [9.17, 15) is 0 Å². The maximum absolute atomic E-state index is 3.54. The lowest BCUT2D eigenvalue weighted by atomic mass is 10.1. The normalized spacial score (nSPS) is 12.8. The molecule has 0 fully saturated rings. The Labute approximate surface area is 129 Å². The molecule has 0 aliphatic heterocycles. The number of benzene rings is 1. The molecule has 0 aromatic heterocycles. The van der Waals surface area contributed by atoms with E-state index < -0.39 is 0 Å². The molecule has 1 N–H and O–H groups in total. The lowest BCUT2D eigenvalue weighted by molar-refractivity contribution is 0.585. The molecular weight excluding hydrogens is 264 g/mol. The van der Waals surface area contributed by atoms with E-state index >= 15 is 0 Å². The summed E-state index contributed by atoms with van der Waals surface area (Å²) in [4.78, 5) is 2.45. The van der Waals surface area contributed by atoms with Gasteiger partial charge < -0.3 is 10.2 Å². The van der Waals surface area contributed by atoms with Crippen LogP contribution in [0.2, 0.25) is 0 Å². The number of nitrogens with one attached hydrogen (secondary N) is 1. The van der Waals surface area contributed by atoms with Crippen molar-refractivity contribution in [3.63, 3.8) is 0 Å². The van der Waals surface area contributed by atoms with Gasteiger partial charge in [-0.2, -0.15) is 11.8 Å². The third kappa shape index (κ3) is 5.02. The van der Waals surface area contributed by atoms with Crippen molar-refractivity contribution in [2.24, 2.45) is 0 Å². The van der Waals surface area contributed by atoms with Gasteiger partial charge in [0.15, 0.2) is 0 Å². The number of nitrogens with zero attached hydrogens (tertiary/aromatic N) is 1. The van der Waals surface area contributed by atoms with Crippen molar-refractivity contribution in [3.8, 4) is 0 Å². The fraction of sp³-hybridized carbons (Fsp3) is 0.647. The Balaban J connectivity index is 2.96. The van der Waals surface area contributed by atoms with E-state index in [-0.39, 0.29) is 0 Å². The molecule has 0 spiro atoms. The Kier molecular flexibility index (Phi) is 7.46. The highest BCUT2D eigenvalue weighted by Crippen LogP contribution is 2.25. The molecule has 0 aliphatic rings. The molecule has 2 nitrogen and oxygen atoms in total. The zero-order valence-electron chi connectivity index (χ0n) is 13.9. The van der Waals surface area contributed by atoms with Crippen LogP contribution in [0.4, 0.5) is 5.69 Å². The topological polar surface area (TPSA) is 15.3 Å². The molecule has 1 aromatic carbocycles. The van der Waals surface area contributed by atoms with Gasteiger partial charge in [0.25, 0.3) is 0 Å². The van der Waals surface area contributed by atoms with Gasteiger partial charge in [0, 0.05) is 37.1 Å². The summed E-state index contributed by atoms with van der Waals surface area (Å²) in [5.74, 6) is 1.18. The summed E-state index contributed by atoms with van der Waals surface area (Å²) in [6, 6.07) is 7.92. The van der Waals surface area contributed by atoms with Crippen LogP contribution in [-0.2, 0) is 6.54 Å². The summed E-state index contributed by atoms with van der Waals surface area (Å²) in [5.41, 5.74) is 4.10. The van der Waals surface area contributed by atoms with E-state index in [0.29, 0.717) is 12.1 Å². The average molecular weight is 295 g/mol. The number of rotatable bonds is 8. The minimum atomic E-state index is 0.516. The predicted molar refractivity (Wildman–Crippen MR) is 94.0 cm³/mol. The second-order valence-electron chi connectivity index (χ2n) is 5.80. The average Bonchev–Trinajstić information content (AvgIpc) is 2.42. The van der Waals surface area contributed by atoms with Gasteiger partial charge in [-0.15, -0.1) is 0 Å². The number of thioether (sulfide) groups is 1. The van der Waals surface area contributed by atoms with E-state index in [1.54, 1.807) is 0 Å². The van der Waals surface area contributed by atoms with Crippen LogP contribution in [0.1, 0.15) is 38.3 Å². The van der Waals surface area contributed by atoms with Gasteiger partial charge >= 0.3 is 0 Å². The Bertz CT molecular complexity index is 404. The molecule has 1 aromatic rings. The Morgan fingerprint density at radius 3 is 2.55 bits per heavy atom. The Morgan fingerprint density at radius 2 is 2.00 bits per heavy atom. The molecule has 0 bridgehead atoms. The van der Waals surface area contributed by atoms with E-state index in [1.807, 2.05) is 11.8 Å². The minimum absolute atomic E-state index is 0.516. The first-order chi connectivity index (χ1) is 9.49. The molecule has 0 saturated heterocycles. The highest BCUT2D eigenvalue weighted by molar-refractivity contribution is 7.98. The van der Waals surface area contributed by atoms with Crippen LogP contribution in [0.15, 0.2) is 18.2 Å². The summed E-state index contributed by atoms with van der Waals surface area (Å²) in [6.45, 7) is 9.78. The number of hydrogen-bond donors (Lipinski definition) is 1. The number of anilines is 1.